The van der Waals surface area contributed by atoms with Crippen LogP contribution < -0.4 is 9.46 Å². The normalized spacial score (nSPS) is 13.2. The van der Waals surface area contributed by atoms with Crippen LogP contribution in [0.1, 0.15) is 13.3 Å². The second kappa shape index (κ2) is 7.01. The maximum atomic E-state index is 12.1. The standard InChI is InChI=1S/C11H12ClF2NO5S/c1-2-8(10(16)17)15-21(18,19)6-3-4-9(7(12)5-6)20-11(13)14/h3-5,8,11,15H,2H2,1H3,(H,16,17)/t8-/m0/s1. The molecule has 0 fully saturated rings. The Labute approximate surface area is 124 Å². The molecular weight excluding hydrogens is 332 g/mol. The van der Waals surface area contributed by atoms with Crippen LogP contribution in [0.15, 0.2) is 23.1 Å². The van der Waals surface area contributed by atoms with E-state index in [4.69, 9.17) is 16.7 Å². The Hall–Kier alpha value is -1.45. The van der Waals surface area contributed by atoms with Crippen molar-refractivity contribution >= 4 is 27.6 Å². The molecular formula is C11H12ClF2NO5S. The zero-order chi connectivity index (χ0) is 16.2. The molecule has 0 saturated heterocycles. The van der Waals surface area contributed by atoms with Gasteiger partial charge in [-0.1, -0.05) is 18.5 Å². The highest BCUT2D eigenvalue weighted by Gasteiger charge is 2.24. The molecule has 6 nitrogen and oxygen atoms in total. The average molecular weight is 344 g/mol. The molecule has 0 heterocycles. The quantitative estimate of drug-likeness (QED) is 0.790. The zero-order valence-electron chi connectivity index (χ0n) is 10.7. The molecule has 0 amide bonds. The van der Waals surface area contributed by atoms with Gasteiger partial charge in [0, 0.05) is 0 Å². The highest BCUT2D eigenvalue weighted by Crippen LogP contribution is 2.28. The number of aliphatic carboxylic acids is 1. The van der Waals surface area contributed by atoms with Crippen LogP contribution in [0.4, 0.5) is 8.78 Å². The number of alkyl halides is 2. The van der Waals surface area contributed by atoms with Crippen molar-refractivity contribution in [1.82, 2.24) is 4.72 Å². The van der Waals surface area contributed by atoms with Gasteiger partial charge in [0.25, 0.3) is 0 Å². The summed E-state index contributed by atoms with van der Waals surface area (Å²) in [5.41, 5.74) is 0. The summed E-state index contributed by atoms with van der Waals surface area (Å²) in [5, 5.41) is 8.49. The van der Waals surface area contributed by atoms with E-state index in [2.05, 4.69) is 4.74 Å². The predicted molar refractivity (Wildman–Crippen MR) is 70.1 cm³/mol. The zero-order valence-corrected chi connectivity index (χ0v) is 12.3. The minimum atomic E-state index is -4.14. The molecule has 2 N–H and O–H groups in total. The Morgan fingerprint density at radius 3 is 2.52 bits per heavy atom. The monoisotopic (exact) mass is 343 g/mol. The third kappa shape index (κ3) is 4.80. The number of nitrogens with one attached hydrogen (secondary N) is 1. The fourth-order valence-corrected chi connectivity index (χ4v) is 2.99. The first-order valence-electron chi connectivity index (χ1n) is 5.67. The van der Waals surface area contributed by atoms with Gasteiger partial charge in [0.2, 0.25) is 10.0 Å². The number of carboxylic acids is 1. The molecule has 0 spiro atoms. The minimum absolute atomic E-state index is 0.0366. The van der Waals surface area contributed by atoms with Crippen LogP contribution >= 0.6 is 11.6 Å². The largest absolute Gasteiger partial charge is 0.480 e. The second-order valence-corrected chi connectivity index (χ2v) is 6.01. The molecule has 0 saturated carbocycles. The maximum Gasteiger partial charge on any atom is 0.387 e. The highest BCUT2D eigenvalue weighted by molar-refractivity contribution is 7.89. The van der Waals surface area contributed by atoms with Crippen molar-refractivity contribution in [2.45, 2.75) is 30.9 Å². The van der Waals surface area contributed by atoms with Crippen LogP contribution in [0.2, 0.25) is 5.02 Å². The van der Waals surface area contributed by atoms with Crippen molar-refractivity contribution in [2.75, 3.05) is 0 Å². The molecule has 0 bridgehead atoms. The lowest BCUT2D eigenvalue weighted by Crippen LogP contribution is -2.40. The number of sulfonamides is 1. The van der Waals surface area contributed by atoms with Gasteiger partial charge in [-0.15, -0.1) is 0 Å². The van der Waals surface area contributed by atoms with Gasteiger partial charge in [-0.2, -0.15) is 13.5 Å². The van der Waals surface area contributed by atoms with E-state index in [9.17, 15) is 22.0 Å². The Morgan fingerprint density at radius 2 is 2.10 bits per heavy atom. The highest BCUT2D eigenvalue weighted by atomic mass is 35.5. The topological polar surface area (TPSA) is 92.7 Å². The minimum Gasteiger partial charge on any atom is -0.480 e. The Balaban J connectivity index is 3.04. The molecule has 1 aromatic rings. The van der Waals surface area contributed by atoms with Crippen molar-refractivity contribution in [3.8, 4) is 5.75 Å². The molecule has 0 aliphatic heterocycles. The summed E-state index contributed by atoms with van der Waals surface area (Å²) >= 11 is 5.65. The van der Waals surface area contributed by atoms with E-state index in [1.165, 1.54) is 6.92 Å². The van der Waals surface area contributed by atoms with Crippen LogP contribution in [0.5, 0.6) is 5.75 Å². The van der Waals surface area contributed by atoms with Crippen LogP contribution in [0.25, 0.3) is 0 Å². The van der Waals surface area contributed by atoms with E-state index in [0.717, 1.165) is 18.2 Å². The van der Waals surface area contributed by atoms with Crippen molar-refractivity contribution in [3.05, 3.63) is 23.2 Å². The van der Waals surface area contributed by atoms with E-state index in [1.54, 1.807) is 0 Å². The summed E-state index contributed by atoms with van der Waals surface area (Å²) in [7, 11) is -4.14. The van der Waals surface area contributed by atoms with Gasteiger partial charge in [0.1, 0.15) is 11.8 Å². The summed E-state index contributed by atoms with van der Waals surface area (Å²) in [5.74, 6) is -1.71. The first-order chi connectivity index (χ1) is 9.67. The van der Waals surface area contributed by atoms with Crippen LogP contribution in [-0.4, -0.2) is 32.1 Å². The second-order valence-electron chi connectivity index (χ2n) is 3.89. The number of carbonyl (C=O) groups is 1. The lowest BCUT2D eigenvalue weighted by atomic mass is 10.2. The summed E-state index contributed by atoms with van der Waals surface area (Å²) < 4.78 is 54.1. The maximum absolute atomic E-state index is 12.1. The molecule has 10 heteroatoms. The fraction of sp³-hybridized carbons (Fsp3) is 0.364. The average Bonchev–Trinajstić information content (AvgIpc) is 2.37. The number of hydrogen-bond donors (Lipinski definition) is 2. The number of benzene rings is 1. The first kappa shape index (κ1) is 17.6. The van der Waals surface area contributed by atoms with E-state index < -0.39 is 28.6 Å². The van der Waals surface area contributed by atoms with Crippen molar-refractivity contribution in [1.29, 1.82) is 0 Å². The van der Waals surface area contributed by atoms with E-state index in [0.29, 0.717) is 0 Å². The van der Waals surface area contributed by atoms with Gasteiger partial charge in [0.05, 0.1) is 9.92 Å². The number of carboxylic acid groups (broad SMARTS) is 1. The summed E-state index contributed by atoms with van der Waals surface area (Å²) in [6, 6.07) is 1.55. The van der Waals surface area contributed by atoms with Crippen molar-refractivity contribution in [2.24, 2.45) is 0 Å². The number of hydrogen-bond acceptors (Lipinski definition) is 4. The predicted octanol–water partition coefficient (Wildman–Crippen LogP) is 2.08. The molecule has 1 aromatic carbocycles. The third-order valence-corrected chi connectivity index (χ3v) is 4.20. The van der Waals surface area contributed by atoms with Crippen LogP contribution in [0, 0.1) is 0 Å². The smallest absolute Gasteiger partial charge is 0.387 e. The van der Waals surface area contributed by atoms with Gasteiger partial charge in [-0.05, 0) is 24.6 Å². The molecule has 21 heavy (non-hydrogen) atoms. The van der Waals surface area contributed by atoms with Crippen LogP contribution in [-0.2, 0) is 14.8 Å². The van der Waals surface area contributed by atoms with Gasteiger partial charge < -0.3 is 9.84 Å². The van der Waals surface area contributed by atoms with Crippen molar-refractivity contribution < 1.29 is 31.8 Å². The molecule has 0 unspecified atom stereocenters. The van der Waals surface area contributed by atoms with Gasteiger partial charge >= 0.3 is 12.6 Å². The van der Waals surface area contributed by atoms with Gasteiger partial charge in [0.15, 0.2) is 0 Å². The molecule has 0 aromatic heterocycles. The summed E-state index contributed by atoms with van der Waals surface area (Å²) in [6.45, 7) is -1.60. The van der Waals surface area contributed by atoms with Crippen LogP contribution in [0.3, 0.4) is 0 Å². The Bertz CT molecular complexity index is 623. The van der Waals surface area contributed by atoms with E-state index in [-0.39, 0.29) is 22.1 Å². The van der Waals surface area contributed by atoms with E-state index >= 15 is 0 Å². The molecule has 1 atom stereocenters. The first-order valence-corrected chi connectivity index (χ1v) is 7.53. The molecule has 118 valence electrons. The Morgan fingerprint density at radius 1 is 1.48 bits per heavy atom. The number of halogens is 3. The summed E-state index contributed by atoms with van der Waals surface area (Å²) in [6.07, 6.45) is 0.0366. The van der Waals surface area contributed by atoms with Crippen molar-refractivity contribution in [3.63, 3.8) is 0 Å². The summed E-state index contributed by atoms with van der Waals surface area (Å²) in [4.78, 5) is 10.5. The number of ether oxygens (including phenoxy) is 1. The SMILES string of the molecule is CC[C@H](NS(=O)(=O)c1ccc(OC(F)F)c(Cl)c1)C(=O)O. The fourth-order valence-electron chi connectivity index (χ4n) is 1.40. The molecule has 1 rings (SSSR count). The van der Waals surface area contributed by atoms with Gasteiger partial charge in [-0.25, -0.2) is 8.42 Å². The lowest BCUT2D eigenvalue weighted by molar-refractivity contribution is -0.139. The Kier molecular flexibility index (Phi) is 5.87. The lowest BCUT2D eigenvalue weighted by Gasteiger charge is -2.13. The third-order valence-electron chi connectivity index (χ3n) is 2.43. The molecule has 0 aliphatic rings. The number of rotatable bonds is 7. The van der Waals surface area contributed by atoms with E-state index in [1.807, 2.05) is 4.72 Å². The molecule has 0 radical (unpaired) electrons. The molecule has 0 aliphatic carbocycles. The van der Waals surface area contributed by atoms with Gasteiger partial charge in [-0.3, -0.25) is 4.79 Å².